The summed E-state index contributed by atoms with van der Waals surface area (Å²) in [5, 5.41) is 22.0. The van der Waals surface area contributed by atoms with Crippen LogP contribution in [0, 0.1) is 10.1 Å². The molecule has 162 valence electrons. The molecular formula is C23H20N4O4S. The van der Waals surface area contributed by atoms with E-state index in [1.54, 1.807) is 17.6 Å². The number of ether oxygens (including phenoxy) is 1. The van der Waals surface area contributed by atoms with E-state index in [4.69, 9.17) is 9.15 Å². The Morgan fingerprint density at radius 1 is 1.09 bits per heavy atom. The molecule has 2 aromatic carbocycles. The Kier molecular flexibility index (Phi) is 6.66. The zero-order valence-electron chi connectivity index (χ0n) is 17.2. The van der Waals surface area contributed by atoms with Gasteiger partial charge in [-0.05, 0) is 54.3 Å². The summed E-state index contributed by atoms with van der Waals surface area (Å²) in [4.78, 5) is 10.2. The van der Waals surface area contributed by atoms with Gasteiger partial charge in [0.2, 0.25) is 0 Å². The fourth-order valence-corrected chi connectivity index (χ4v) is 3.81. The lowest BCUT2D eigenvalue weighted by Gasteiger charge is -2.11. The topological polar surface area (TPSA) is 96.2 Å². The molecule has 4 rings (SSSR count). The number of hydrogen-bond acceptors (Lipinski definition) is 7. The number of aromatic nitrogens is 3. The lowest BCUT2D eigenvalue weighted by atomic mass is 10.1. The van der Waals surface area contributed by atoms with Crippen LogP contribution in [0.2, 0.25) is 0 Å². The van der Waals surface area contributed by atoms with Crippen molar-refractivity contribution in [1.82, 2.24) is 14.8 Å². The van der Waals surface area contributed by atoms with Gasteiger partial charge in [-0.3, -0.25) is 14.7 Å². The molecule has 0 N–H and O–H groups in total. The summed E-state index contributed by atoms with van der Waals surface area (Å²) in [5.41, 5.74) is 2.04. The quantitative estimate of drug-likeness (QED) is 0.189. The van der Waals surface area contributed by atoms with E-state index in [2.05, 4.69) is 10.2 Å². The molecule has 32 heavy (non-hydrogen) atoms. The fourth-order valence-electron chi connectivity index (χ4n) is 3.08. The highest BCUT2D eigenvalue weighted by molar-refractivity contribution is 8.02. The van der Waals surface area contributed by atoms with Gasteiger partial charge in [-0.1, -0.05) is 42.1 Å². The number of benzene rings is 2. The molecule has 2 heterocycles. The zero-order valence-corrected chi connectivity index (χ0v) is 18.1. The van der Waals surface area contributed by atoms with Crippen LogP contribution in [-0.4, -0.2) is 26.3 Å². The Morgan fingerprint density at radius 2 is 1.88 bits per heavy atom. The number of nitro groups is 1. The van der Waals surface area contributed by atoms with Crippen molar-refractivity contribution in [2.45, 2.75) is 18.5 Å². The molecule has 0 bridgehead atoms. The third-order valence-corrected chi connectivity index (χ3v) is 5.26. The van der Waals surface area contributed by atoms with Crippen LogP contribution in [0.4, 0.5) is 5.88 Å². The van der Waals surface area contributed by atoms with Crippen molar-refractivity contribution in [3.8, 4) is 11.4 Å². The second kappa shape index (κ2) is 9.97. The first-order valence-corrected chi connectivity index (χ1v) is 10.8. The van der Waals surface area contributed by atoms with Gasteiger partial charge in [-0.2, -0.15) is 0 Å². The van der Waals surface area contributed by atoms with E-state index in [0.29, 0.717) is 23.9 Å². The molecule has 0 saturated carbocycles. The predicted octanol–water partition coefficient (Wildman–Crippen LogP) is 5.52. The Hall–Kier alpha value is -3.85. The maximum atomic E-state index is 10.8. The van der Waals surface area contributed by atoms with Crippen molar-refractivity contribution < 1.29 is 14.1 Å². The van der Waals surface area contributed by atoms with E-state index >= 15 is 0 Å². The summed E-state index contributed by atoms with van der Waals surface area (Å²) in [6, 6.07) is 20.7. The van der Waals surface area contributed by atoms with Crippen LogP contribution in [0.25, 0.3) is 11.8 Å². The van der Waals surface area contributed by atoms with Gasteiger partial charge >= 0.3 is 5.88 Å². The van der Waals surface area contributed by atoms with Crippen LogP contribution in [0.5, 0.6) is 5.75 Å². The third-order valence-electron chi connectivity index (χ3n) is 4.51. The summed E-state index contributed by atoms with van der Waals surface area (Å²) in [6.07, 6.45) is 2.28. The second-order valence-electron chi connectivity index (χ2n) is 6.68. The molecule has 0 atom stereocenters. The van der Waals surface area contributed by atoms with E-state index in [-0.39, 0.29) is 5.88 Å². The van der Waals surface area contributed by atoms with E-state index in [1.807, 2.05) is 66.1 Å². The van der Waals surface area contributed by atoms with E-state index in [0.717, 1.165) is 22.8 Å². The molecular weight excluding hydrogens is 428 g/mol. The molecule has 2 aromatic heterocycles. The first kappa shape index (κ1) is 21.4. The molecule has 0 unspecified atom stereocenters. The number of thioether (sulfide) groups is 1. The van der Waals surface area contributed by atoms with E-state index in [9.17, 15) is 10.1 Å². The van der Waals surface area contributed by atoms with Gasteiger partial charge in [-0.25, -0.2) is 0 Å². The molecule has 0 spiro atoms. The summed E-state index contributed by atoms with van der Waals surface area (Å²) in [6.45, 7) is 2.54. The number of hydrogen-bond donors (Lipinski definition) is 0. The van der Waals surface area contributed by atoms with Gasteiger partial charge in [0, 0.05) is 12.1 Å². The van der Waals surface area contributed by atoms with Crippen molar-refractivity contribution >= 4 is 23.7 Å². The van der Waals surface area contributed by atoms with Crippen LogP contribution in [0.1, 0.15) is 24.1 Å². The smallest absolute Gasteiger partial charge is 0.433 e. The normalized spacial score (nSPS) is 11.2. The van der Waals surface area contributed by atoms with Crippen LogP contribution in [-0.2, 0) is 6.42 Å². The lowest BCUT2D eigenvalue weighted by Crippen LogP contribution is -2.03. The largest absolute Gasteiger partial charge is 0.494 e. The predicted molar refractivity (Wildman–Crippen MR) is 122 cm³/mol. The highest BCUT2D eigenvalue weighted by Gasteiger charge is 2.15. The van der Waals surface area contributed by atoms with Crippen molar-refractivity contribution in [3.63, 3.8) is 0 Å². The molecule has 9 heteroatoms. The molecule has 8 nitrogen and oxygen atoms in total. The monoisotopic (exact) mass is 448 g/mol. The van der Waals surface area contributed by atoms with Crippen molar-refractivity contribution in [3.05, 3.63) is 99.4 Å². The summed E-state index contributed by atoms with van der Waals surface area (Å²) < 4.78 is 12.7. The van der Waals surface area contributed by atoms with Gasteiger partial charge in [-0.15, -0.1) is 10.2 Å². The van der Waals surface area contributed by atoms with Crippen molar-refractivity contribution in [2.75, 3.05) is 6.61 Å². The Bertz CT molecular complexity index is 1220. The molecule has 0 aliphatic rings. The first-order chi connectivity index (χ1) is 15.6. The van der Waals surface area contributed by atoms with Crippen LogP contribution < -0.4 is 4.74 Å². The highest BCUT2D eigenvalue weighted by Crippen LogP contribution is 2.27. The average molecular weight is 449 g/mol. The van der Waals surface area contributed by atoms with Crippen LogP contribution in [0.3, 0.4) is 0 Å². The second-order valence-corrected chi connectivity index (χ2v) is 7.55. The van der Waals surface area contributed by atoms with Gasteiger partial charge in [0.1, 0.15) is 22.3 Å². The Balaban J connectivity index is 1.62. The van der Waals surface area contributed by atoms with Crippen molar-refractivity contribution in [1.29, 1.82) is 0 Å². The maximum Gasteiger partial charge on any atom is 0.433 e. The molecule has 0 aliphatic heterocycles. The van der Waals surface area contributed by atoms with E-state index in [1.165, 1.54) is 17.8 Å². The average Bonchev–Trinajstić information content (AvgIpc) is 3.43. The van der Waals surface area contributed by atoms with Gasteiger partial charge in [0.05, 0.1) is 12.7 Å². The number of furan rings is 1. The van der Waals surface area contributed by atoms with Gasteiger partial charge in [0.15, 0.2) is 5.16 Å². The molecule has 0 aliphatic carbocycles. The standard InChI is InChI=1S/C23H20N4O4S/c1-2-30-19-10-8-18(9-11-19)26-21(16-17-6-4-3-5-7-17)24-25-23(26)32-15-14-20-12-13-22(31-20)27(28)29/h3-15H,2,16H2,1H3/b15-14+. The minimum atomic E-state index is -0.567. The number of rotatable bonds is 9. The Morgan fingerprint density at radius 3 is 2.56 bits per heavy atom. The minimum Gasteiger partial charge on any atom is -0.494 e. The summed E-state index contributed by atoms with van der Waals surface area (Å²) in [5.74, 6) is 1.69. The van der Waals surface area contributed by atoms with Gasteiger partial charge in [0.25, 0.3) is 0 Å². The minimum absolute atomic E-state index is 0.294. The third kappa shape index (κ3) is 5.06. The molecule has 0 radical (unpaired) electrons. The van der Waals surface area contributed by atoms with Gasteiger partial charge < -0.3 is 9.15 Å². The fraction of sp³-hybridized carbons (Fsp3) is 0.130. The molecule has 4 aromatic rings. The van der Waals surface area contributed by atoms with Crippen molar-refractivity contribution in [2.24, 2.45) is 0 Å². The van der Waals surface area contributed by atoms with Crippen LogP contribution >= 0.6 is 11.8 Å². The first-order valence-electron chi connectivity index (χ1n) is 9.93. The summed E-state index contributed by atoms with van der Waals surface area (Å²) in [7, 11) is 0. The number of nitrogens with zero attached hydrogens (tertiary/aromatic N) is 4. The zero-order chi connectivity index (χ0) is 22.3. The molecule has 0 amide bonds. The maximum absolute atomic E-state index is 10.8. The molecule has 0 saturated heterocycles. The Labute approximate surface area is 188 Å². The van der Waals surface area contributed by atoms with E-state index < -0.39 is 4.92 Å². The lowest BCUT2D eigenvalue weighted by molar-refractivity contribution is -0.402. The highest BCUT2D eigenvalue weighted by atomic mass is 32.2. The SMILES string of the molecule is CCOc1ccc(-n2c(Cc3ccccc3)nnc2S/C=C/c2ccc([N+](=O)[O-])o2)cc1. The summed E-state index contributed by atoms with van der Waals surface area (Å²) >= 11 is 1.35. The van der Waals surface area contributed by atoms with Crippen LogP contribution in [0.15, 0.2) is 81.7 Å². The molecule has 0 fully saturated rings.